The van der Waals surface area contributed by atoms with Gasteiger partial charge in [0.15, 0.2) is 0 Å². The number of urea groups is 1. The number of benzodiazepines with no additional fused rings is 1. The minimum Gasteiger partial charge on any atom is -0.380 e. The van der Waals surface area contributed by atoms with Gasteiger partial charge in [0.2, 0.25) is 0 Å². The van der Waals surface area contributed by atoms with Gasteiger partial charge in [-0.3, -0.25) is 9.79 Å². The smallest absolute Gasteiger partial charge is 0.320 e. The van der Waals surface area contributed by atoms with Crippen molar-refractivity contribution in [1.82, 2.24) is 10.6 Å². The Labute approximate surface area is 201 Å². The van der Waals surface area contributed by atoms with Crippen molar-refractivity contribution in [3.8, 4) is 0 Å². The minimum absolute atomic E-state index is 0.161. The fourth-order valence-electron chi connectivity index (χ4n) is 4.80. The highest BCUT2D eigenvalue weighted by molar-refractivity contribution is 6.14. The number of hydrogen-bond donors (Lipinski definition) is 4. The third-order valence-corrected chi connectivity index (χ3v) is 6.48. The van der Waals surface area contributed by atoms with Gasteiger partial charge in [-0.15, -0.1) is 0 Å². The molecule has 180 valence electrons. The van der Waals surface area contributed by atoms with E-state index in [0.29, 0.717) is 18.7 Å². The number of para-hydroxylation sites is 1. The summed E-state index contributed by atoms with van der Waals surface area (Å²) in [6.45, 7) is 7.89. The number of rotatable bonds is 6. The van der Waals surface area contributed by atoms with E-state index in [-0.39, 0.29) is 29.7 Å². The van der Waals surface area contributed by atoms with Crippen LogP contribution in [0.5, 0.6) is 0 Å². The third-order valence-electron chi connectivity index (χ3n) is 6.48. The number of nitrogens with one attached hydrogen (secondary N) is 4. The molecule has 0 radical (unpaired) electrons. The number of nitrogens with zero attached hydrogens (tertiary/aromatic N) is 1. The van der Waals surface area contributed by atoms with Crippen molar-refractivity contribution in [2.75, 3.05) is 23.7 Å². The van der Waals surface area contributed by atoms with Crippen LogP contribution in [-0.4, -0.2) is 42.8 Å². The Balaban J connectivity index is 1.46. The van der Waals surface area contributed by atoms with Crippen LogP contribution in [0.4, 0.5) is 16.2 Å². The number of piperidine rings is 1. The molecule has 4 rings (SSSR count). The van der Waals surface area contributed by atoms with E-state index in [2.05, 4.69) is 35.1 Å². The summed E-state index contributed by atoms with van der Waals surface area (Å²) in [5.41, 5.74) is 4.60. The SMILES string of the molecule is Cc1cccc(NC(=O)NC2CNc3ccccc3C(CC(=O)CC3CC(C)(C)CCN3)=N2)c1. The first-order valence-corrected chi connectivity index (χ1v) is 12.1. The van der Waals surface area contributed by atoms with Crippen LogP contribution in [0.2, 0.25) is 0 Å². The average molecular weight is 462 g/mol. The van der Waals surface area contributed by atoms with Gasteiger partial charge in [0, 0.05) is 35.8 Å². The lowest BCUT2D eigenvalue weighted by molar-refractivity contribution is -0.118. The van der Waals surface area contributed by atoms with E-state index < -0.39 is 6.17 Å². The fraction of sp³-hybridized carbons (Fsp3) is 0.444. The number of benzene rings is 2. The highest BCUT2D eigenvalue weighted by Crippen LogP contribution is 2.31. The summed E-state index contributed by atoms with van der Waals surface area (Å²) in [6.07, 6.45) is 2.36. The standard InChI is InChI=1S/C27H35N5O2/c1-18-7-6-8-19(13-18)30-26(34)32-25-17-29-23-10-5-4-9-22(23)24(31-25)15-21(33)14-20-16-27(2,3)11-12-28-20/h4-10,13,20,25,28-29H,11-12,14-17H2,1-3H3,(H2,30,32,34). The summed E-state index contributed by atoms with van der Waals surface area (Å²) in [4.78, 5) is 30.5. The number of amides is 2. The van der Waals surface area contributed by atoms with Gasteiger partial charge in [-0.05, 0) is 55.5 Å². The first-order chi connectivity index (χ1) is 16.3. The second-order valence-corrected chi connectivity index (χ2v) is 10.2. The van der Waals surface area contributed by atoms with E-state index >= 15 is 0 Å². The normalized spacial score (nSPS) is 21.3. The number of hydrogen-bond acceptors (Lipinski definition) is 5. The molecular formula is C27H35N5O2. The molecule has 0 spiro atoms. The van der Waals surface area contributed by atoms with Crippen LogP contribution in [0.25, 0.3) is 0 Å². The van der Waals surface area contributed by atoms with Crippen molar-refractivity contribution >= 4 is 28.9 Å². The van der Waals surface area contributed by atoms with E-state index in [9.17, 15) is 9.59 Å². The van der Waals surface area contributed by atoms with Crippen LogP contribution in [-0.2, 0) is 4.79 Å². The highest BCUT2D eigenvalue weighted by atomic mass is 16.2. The zero-order chi connectivity index (χ0) is 24.1. The van der Waals surface area contributed by atoms with Crippen molar-refractivity contribution in [2.45, 2.75) is 58.7 Å². The molecule has 2 unspecified atom stereocenters. The molecular weight excluding hydrogens is 426 g/mol. The maximum absolute atomic E-state index is 13.1. The van der Waals surface area contributed by atoms with E-state index in [4.69, 9.17) is 4.99 Å². The van der Waals surface area contributed by atoms with Gasteiger partial charge < -0.3 is 21.3 Å². The quantitative estimate of drug-likeness (QED) is 0.510. The number of fused-ring (bicyclic) bond motifs is 1. The lowest BCUT2D eigenvalue weighted by atomic mass is 9.78. The molecule has 0 bridgehead atoms. The Hall–Kier alpha value is -3.19. The van der Waals surface area contributed by atoms with Crippen LogP contribution < -0.4 is 21.3 Å². The molecule has 1 fully saturated rings. The topological polar surface area (TPSA) is 94.6 Å². The Bertz CT molecular complexity index is 1080. The summed E-state index contributed by atoms with van der Waals surface area (Å²) < 4.78 is 0. The first kappa shape index (κ1) is 24.0. The predicted molar refractivity (Wildman–Crippen MR) is 138 cm³/mol. The maximum Gasteiger partial charge on any atom is 0.320 e. The molecule has 2 aromatic carbocycles. The molecule has 2 heterocycles. The molecule has 34 heavy (non-hydrogen) atoms. The molecule has 1 saturated heterocycles. The number of aliphatic imine (C=N–C) groups is 1. The molecule has 2 aromatic rings. The van der Waals surface area contributed by atoms with Crippen LogP contribution in [0.1, 0.15) is 50.7 Å². The van der Waals surface area contributed by atoms with E-state index in [1.807, 2.05) is 55.5 Å². The summed E-state index contributed by atoms with van der Waals surface area (Å²) in [6, 6.07) is 15.4. The van der Waals surface area contributed by atoms with Gasteiger partial charge >= 0.3 is 6.03 Å². The number of Topliss-reactive ketones (excluding diaryl/α,β-unsaturated/α-hetero) is 1. The average Bonchev–Trinajstić information content (AvgIpc) is 2.92. The van der Waals surface area contributed by atoms with Crippen molar-refractivity contribution < 1.29 is 9.59 Å². The molecule has 4 N–H and O–H groups in total. The van der Waals surface area contributed by atoms with Crippen molar-refractivity contribution in [1.29, 1.82) is 0 Å². The third kappa shape index (κ3) is 6.44. The Morgan fingerprint density at radius 3 is 2.76 bits per heavy atom. The van der Waals surface area contributed by atoms with Crippen LogP contribution in [0, 0.1) is 12.3 Å². The lowest BCUT2D eigenvalue weighted by Crippen LogP contribution is -2.43. The second-order valence-electron chi connectivity index (χ2n) is 10.2. The van der Waals surface area contributed by atoms with Gasteiger partial charge in [-0.1, -0.05) is 44.2 Å². The van der Waals surface area contributed by atoms with Gasteiger partial charge in [0.1, 0.15) is 11.9 Å². The maximum atomic E-state index is 13.1. The molecule has 2 amide bonds. The van der Waals surface area contributed by atoms with Gasteiger partial charge in [-0.2, -0.15) is 0 Å². The summed E-state index contributed by atoms with van der Waals surface area (Å²) in [5.74, 6) is 0.161. The number of carbonyl (C=O) groups excluding carboxylic acids is 2. The number of carbonyl (C=O) groups is 2. The minimum atomic E-state index is -0.494. The lowest BCUT2D eigenvalue weighted by Gasteiger charge is -2.35. The van der Waals surface area contributed by atoms with E-state index in [1.54, 1.807) is 0 Å². The first-order valence-electron chi connectivity index (χ1n) is 12.1. The van der Waals surface area contributed by atoms with Crippen LogP contribution in [0.3, 0.4) is 0 Å². The Kier molecular flexibility index (Phi) is 7.32. The Morgan fingerprint density at radius 1 is 1.15 bits per heavy atom. The molecule has 0 aliphatic carbocycles. The van der Waals surface area contributed by atoms with E-state index in [1.165, 1.54) is 0 Å². The van der Waals surface area contributed by atoms with E-state index in [0.717, 1.165) is 41.9 Å². The zero-order valence-corrected chi connectivity index (χ0v) is 20.3. The molecule has 2 aliphatic heterocycles. The second kappa shape index (κ2) is 10.4. The van der Waals surface area contributed by atoms with Crippen LogP contribution in [0.15, 0.2) is 53.5 Å². The van der Waals surface area contributed by atoms with Gasteiger partial charge in [0.05, 0.1) is 12.3 Å². The zero-order valence-electron chi connectivity index (χ0n) is 20.3. The van der Waals surface area contributed by atoms with Crippen LogP contribution >= 0.6 is 0 Å². The molecule has 2 aliphatic rings. The van der Waals surface area contributed by atoms with Crippen molar-refractivity contribution in [3.63, 3.8) is 0 Å². The molecule has 0 aromatic heterocycles. The largest absolute Gasteiger partial charge is 0.380 e. The summed E-state index contributed by atoms with van der Waals surface area (Å²) in [5, 5.41) is 12.7. The molecule has 0 saturated carbocycles. The molecule has 2 atom stereocenters. The fourth-order valence-corrected chi connectivity index (χ4v) is 4.80. The van der Waals surface area contributed by atoms with Crippen molar-refractivity contribution in [3.05, 3.63) is 59.7 Å². The summed E-state index contributed by atoms with van der Waals surface area (Å²) in [7, 11) is 0. The highest BCUT2D eigenvalue weighted by Gasteiger charge is 2.29. The molecule has 7 heteroatoms. The monoisotopic (exact) mass is 461 g/mol. The predicted octanol–water partition coefficient (Wildman–Crippen LogP) is 4.48. The number of anilines is 2. The Morgan fingerprint density at radius 2 is 1.97 bits per heavy atom. The summed E-state index contributed by atoms with van der Waals surface area (Å²) >= 11 is 0. The van der Waals surface area contributed by atoms with Crippen molar-refractivity contribution in [2.24, 2.45) is 10.4 Å². The number of ketones is 1. The molecule has 7 nitrogen and oxygen atoms in total. The van der Waals surface area contributed by atoms with Gasteiger partial charge in [0.25, 0.3) is 0 Å². The van der Waals surface area contributed by atoms with Gasteiger partial charge in [-0.25, -0.2) is 4.79 Å². The number of aryl methyl sites for hydroxylation is 1.